The van der Waals surface area contributed by atoms with Crippen LogP contribution in [0.4, 0.5) is 0 Å². The van der Waals surface area contributed by atoms with E-state index in [1.165, 1.54) is 16.2 Å². The molecule has 0 aliphatic heterocycles. The molecule has 0 unspecified atom stereocenters. The number of benzene rings is 4. The third-order valence-electron chi connectivity index (χ3n) is 4.74. The number of hydrogen-bond acceptors (Lipinski definition) is 2. The molecular weight excluding hydrogens is 308 g/mol. The maximum atomic E-state index is 12.8. The Labute approximate surface area is 144 Å². The summed E-state index contributed by atoms with van der Waals surface area (Å²) in [6.45, 7) is 0. The van der Waals surface area contributed by atoms with Crippen LogP contribution in [0.25, 0.3) is 38.4 Å². The molecule has 0 bridgehead atoms. The summed E-state index contributed by atoms with van der Waals surface area (Å²) in [5.41, 5.74) is 0.716. The second-order valence-electron chi connectivity index (χ2n) is 6.18. The summed E-state index contributed by atoms with van der Waals surface area (Å²) in [6, 6.07) is 22.3. The van der Waals surface area contributed by atoms with Gasteiger partial charge in [0.25, 0.3) is 0 Å². The summed E-state index contributed by atoms with van der Waals surface area (Å²) in [4.78, 5) is 12.8. The predicted molar refractivity (Wildman–Crippen MR) is 102 cm³/mol. The van der Waals surface area contributed by atoms with Gasteiger partial charge in [-0.3, -0.25) is 4.79 Å². The van der Waals surface area contributed by atoms with Crippen molar-refractivity contribution < 1.29 is 9.21 Å². The Hall–Kier alpha value is -3.39. The summed E-state index contributed by atoms with van der Waals surface area (Å²) >= 11 is 0. The number of rotatable bonds is 3. The highest BCUT2D eigenvalue weighted by Crippen LogP contribution is 2.36. The summed E-state index contributed by atoms with van der Waals surface area (Å²) in [5, 5.41) is 6.94. The molecule has 0 amide bonds. The molecule has 0 aliphatic carbocycles. The lowest BCUT2D eigenvalue weighted by Gasteiger charge is -2.12. The number of hydrogen-bond donors (Lipinski definition) is 0. The number of furan rings is 1. The molecule has 0 fully saturated rings. The van der Waals surface area contributed by atoms with Gasteiger partial charge in [-0.15, -0.1) is 0 Å². The fourth-order valence-corrected chi connectivity index (χ4v) is 3.58. The van der Waals surface area contributed by atoms with Gasteiger partial charge in [-0.05, 0) is 62.7 Å². The first-order valence-corrected chi connectivity index (χ1v) is 8.24. The first-order chi connectivity index (χ1) is 12.3. The molecule has 1 aromatic heterocycles. The molecule has 0 atom stereocenters. The fourth-order valence-electron chi connectivity index (χ4n) is 3.58. The number of carbonyl (C=O) groups excluding carboxylic acids is 1. The average molecular weight is 322 g/mol. The molecule has 118 valence electrons. The van der Waals surface area contributed by atoms with Gasteiger partial charge in [-0.1, -0.05) is 48.5 Å². The van der Waals surface area contributed by atoms with Gasteiger partial charge in [0, 0.05) is 5.56 Å². The van der Waals surface area contributed by atoms with Crippen LogP contribution in [0.15, 0.2) is 83.5 Å². The average Bonchev–Trinajstić information content (AvgIpc) is 3.18. The molecule has 2 nitrogen and oxygen atoms in total. The maximum absolute atomic E-state index is 12.8. The summed E-state index contributed by atoms with van der Waals surface area (Å²) in [7, 11) is 0. The highest BCUT2D eigenvalue weighted by Gasteiger charge is 2.13. The van der Waals surface area contributed by atoms with Crippen molar-refractivity contribution in [2.45, 2.75) is 0 Å². The summed E-state index contributed by atoms with van der Waals surface area (Å²) in [6.07, 6.45) is 4.88. The van der Waals surface area contributed by atoms with Crippen LogP contribution in [0.5, 0.6) is 0 Å². The van der Waals surface area contributed by atoms with Crippen LogP contribution in [0.2, 0.25) is 0 Å². The Balaban J connectivity index is 1.75. The smallest absolute Gasteiger partial charge is 0.186 e. The van der Waals surface area contributed by atoms with E-state index in [0.717, 1.165) is 16.2 Å². The zero-order chi connectivity index (χ0) is 16.8. The van der Waals surface area contributed by atoms with Crippen LogP contribution in [-0.2, 0) is 0 Å². The predicted octanol–water partition coefficient (Wildman–Crippen LogP) is 6.07. The Bertz CT molecular complexity index is 1230. The summed E-state index contributed by atoms with van der Waals surface area (Å²) in [5.74, 6) is 0.653. The lowest BCUT2D eigenvalue weighted by atomic mass is 9.91. The minimum absolute atomic E-state index is 0.0191. The largest absolute Gasteiger partial charge is 0.465 e. The molecule has 0 spiro atoms. The lowest BCUT2D eigenvalue weighted by Crippen LogP contribution is -1.97. The van der Waals surface area contributed by atoms with E-state index in [0.29, 0.717) is 11.3 Å². The standard InChI is InChI=1S/C23H14O2/c24-21(13-10-18-5-2-14-25-18)19-11-8-17-7-6-15-3-1-4-16-9-12-20(19)23(17)22(15)16/h1-14H/b13-10+. The van der Waals surface area contributed by atoms with Gasteiger partial charge in [0.2, 0.25) is 0 Å². The van der Waals surface area contributed by atoms with Crippen LogP contribution >= 0.6 is 0 Å². The molecule has 25 heavy (non-hydrogen) atoms. The first kappa shape index (κ1) is 14.0. The number of ketones is 1. The van der Waals surface area contributed by atoms with E-state index < -0.39 is 0 Å². The Morgan fingerprint density at radius 2 is 1.48 bits per heavy atom. The second kappa shape index (κ2) is 5.32. The Morgan fingerprint density at radius 1 is 0.760 bits per heavy atom. The van der Waals surface area contributed by atoms with Crippen molar-refractivity contribution >= 4 is 44.2 Å². The lowest BCUT2D eigenvalue weighted by molar-refractivity contribution is 0.104. The summed E-state index contributed by atoms with van der Waals surface area (Å²) < 4.78 is 5.26. The SMILES string of the molecule is O=C(/C=C/c1ccco1)c1ccc2ccc3cccc4ccc1c2c34. The zero-order valence-electron chi connectivity index (χ0n) is 13.4. The van der Waals surface area contributed by atoms with Gasteiger partial charge in [0.05, 0.1) is 6.26 Å². The van der Waals surface area contributed by atoms with E-state index in [9.17, 15) is 4.79 Å². The molecule has 0 N–H and O–H groups in total. The van der Waals surface area contributed by atoms with Gasteiger partial charge in [0.15, 0.2) is 5.78 Å². The Morgan fingerprint density at radius 3 is 2.24 bits per heavy atom. The minimum atomic E-state index is -0.0191. The maximum Gasteiger partial charge on any atom is 0.186 e. The van der Waals surface area contributed by atoms with Crippen molar-refractivity contribution in [2.75, 3.05) is 0 Å². The quantitative estimate of drug-likeness (QED) is 0.229. The van der Waals surface area contributed by atoms with Crippen molar-refractivity contribution in [1.29, 1.82) is 0 Å². The third-order valence-corrected chi connectivity index (χ3v) is 4.74. The van der Waals surface area contributed by atoms with Gasteiger partial charge < -0.3 is 4.42 Å². The van der Waals surface area contributed by atoms with Crippen LogP contribution in [0.1, 0.15) is 16.1 Å². The molecular formula is C23H14O2. The molecule has 1 heterocycles. The van der Waals surface area contributed by atoms with E-state index in [-0.39, 0.29) is 5.78 Å². The number of carbonyl (C=O) groups is 1. The van der Waals surface area contributed by atoms with Crippen molar-refractivity contribution in [1.82, 2.24) is 0 Å². The van der Waals surface area contributed by atoms with Gasteiger partial charge in [0.1, 0.15) is 5.76 Å². The highest BCUT2D eigenvalue weighted by molar-refractivity contribution is 6.27. The van der Waals surface area contributed by atoms with Gasteiger partial charge in [-0.2, -0.15) is 0 Å². The second-order valence-corrected chi connectivity index (χ2v) is 6.18. The fraction of sp³-hybridized carbons (Fsp3) is 0. The molecule has 0 radical (unpaired) electrons. The molecule has 4 aromatic carbocycles. The molecule has 0 saturated carbocycles. The molecule has 0 saturated heterocycles. The van der Waals surface area contributed by atoms with E-state index in [2.05, 4.69) is 42.5 Å². The van der Waals surface area contributed by atoms with Crippen molar-refractivity contribution in [2.24, 2.45) is 0 Å². The minimum Gasteiger partial charge on any atom is -0.465 e. The van der Waals surface area contributed by atoms with E-state index in [1.54, 1.807) is 24.5 Å². The normalized spacial score (nSPS) is 12.0. The van der Waals surface area contributed by atoms with E-state index in [4.69, 9.17) is 4.42 Å². The molecule has 0 aliphatic rings. The van der Waals surface area contributed by atoms with Crippen LogP contribution in [-0.4, -0.2) is 5.78 Å². The topological polar surface area (TPSA) is 30.2 Å². The number of allylic oxidation sites excluding steroid dienone is 1. The van der Waals surface area contributed by atoms with E-state index >= 15 is 0 Å². The first-order valence-electron chi connectivity index (χ1n) is 8.24. The molecule has 5 rings (SSSR count). The zero-order valence-corrected chi connectivity index (χ0v) is 13.4. The Kier molecular flexibility index (Phi) is 2.98. The third kappa shape index (κ3) is 2.15. The van der Waals surface area contributed by atoms with Crippen molar-refractivity contribution in [3.05, 3.63) is 90.4 Å². The van der Waals surface area contributed by atoms with Crippen LogP contribution < -0.4 is 0 Å². The van der Waals surface area contributed by atoms with E-state index in [1.807, 2.05) is 18.2 Å². The monoisotopic (exact) mass is 322 g/mol. The van der Waals surface area contributed by atoms with Crippen LogP contribution in [0, 0.1) is 0 Å². The van der Waals surface area contributed by atoms with Gasteiger partial charge in [-0.25, -0.2) is 0 Å². The van der Waals surface area contributed by atoms with Crippen molar-refractivity contribution in [3.63, 3.8) is 0 Å². The van der Waals surface area contributed by atoms with Gasteiger partial charge >= 0.3 is 0 Å². The van der Waals surface area contributed by atoms with Crippen LogP contribution in [0.3, 0.4) is 0 Å². The van der Waals surface area contributed by atoms with Crippen molar-refractivity contribution in [3.8, 4) is 0 Å². The molecule has 2 heteroatoms. The molecule has 5 aromatic rings. The highest BCUT2D eigenvalue weighted by atomic mass is 16.3.